The quantitative estimate of drug-likeness (QED) is 0.432. The number of esters is 1. The summed E-state index contributed by atoms with van der Waals surface area (Å²) in [6.45, 7) is 7.81. The van der Waals surface area contributed by atoms with Crippen molar-refractivity contribution in [3.05, 3.63) is 40.6 Å². The lowest BCUT2D eigenvalue weighted by atomic mass is 10.00. The summed E-state index contributed by atoms with van der Waals surface area (Å²) in [4.78, 5) is 20.1. The maximum atomic E-state index is 11.6. The molecule has 2 rings (SSSR count). The first-order chi connectivity index (χ1) is 13.8. The zero-order chi connectivity index (χ0) is 21.6. The highest BCUT2D eigenvalue weighted by Crippen LogP contribution is 2.29. The average molecular weight is 402 g/mol. The first-order valence-corrected chi connectivity index (χ1v) is 9.84. The highest BCUT2D eigenvalue weighted by Gasteiger charge is 2.21. The molecule has 0 radical (unpaired) electrons. The van der Waals surface area contributed by atoms with Crippen LogP contribution in [-0.2, 0) is 22.4 Å². The normalized spacial score (nSPS) is 11.9. The van der Waals surface area contributed by atoms with Crippen molar-refractivity contribution in [2.24, 2.45) is 0 Å². The standard InChI is InChI=1S/C21H30N4O4/c1-5-7-13(3)25(28)20-17(14(4)23-21(22)24-20)12-16-9-8-15(10-18(16)26)11-19(27)29-6-2/h8-10,13,26,28H,5-7,11-12H2,1-4H3,(H2,22,23,24). The summed E-state index contributed by atoms with van der Waals surface area (Å²) < 4.78 is 4.94. The van der Waals surface area contributed by atoms with Crippen LogP contribution in [0.25, 0.3) is 0 Å². The molecule has 0 bridgehead atoms. The van der Waals surface area contributed by atoms with E-state index in [0.29, 0.717) is 41.2 Å². The van der Waals surface area contributed by atoms with Gasteiger partial charge in [0.05, 0.1) is 19.1 Å². The highest BCUT2D eigenvalue weighted by molar-refractivity contribution is 5.72. The zero-order valence-electron chi connectivity index (χ0n) is 17.5. The first kappa shape index (κ1) is 22.4. The summed E-state index contributed by atoms with van der Waals surface area (Å²) in [5.41, 5.74) is 8.40. The second-order valence-corrected chi connectivity index (χ2v) is 7.07. The van der Waals surface area contributed by atoms with E-state index in [9.17, 15) is 15.1 Å². The second kappa shape index (κ2) is 10.1. The summed E-state index contributed by atoms with van der Waals surface area (Å²) in [5, 5.41) is 22.3. The molecule has 0 aliphatic heterocycles. The number of aryl methyl sites for hydroxylation is 1. The van der Waals surface area contributed by atoms with Crippen molar-refractivity contribution in [1.82, 2.24) is 9.97 Å². The van der Waals surface area contributed by atoms with Gasteiger partial charge >= 0.3 is 5.97 Å². The number of carbonyl (C=O) groups excluding carboxylic acids is 1. The predicted molar refractivity (Wildman–Crippen MR) is 111 cm³/mol. The van der Waals surface area contributed by atoms with E-state index in [1.54, 1.807) is 32.0 Å². The topological polar surface area (TPSA) is 122 Å². The largest absolute Gasteiger partial charge is 0.508 e. The minimum Gasteiger partial charge on any atom is -0.508 e. The zero-order valence-corrected chi connectivity index (χ0v) is 17.5. The molecule has 1 aromatic heterocycles. The Kier molecular flexibility index (Phi) is 7.78. The molecule has 1 heterocycles. The molecule has 4 N–H and O–H groups in total. The number of carbonyl (C=O) groups is 1. The number of anilines is 2. The lowest BCUT2D eigenvalue weighted by Gasteiger charge is -2.26. The Labute approximate surface area is 171 Å². The lowest BCUT2D eigenvalue weighted by molar-refractivity contribution is -0.142. The van der Waals surface area contributed by atoms with Crippen molar-refractivity contribution >= 4 is 17.7 Å². The number of hydrogen-bond acceptors (Lipinski definition) is 8. The Morgan fingerprint density at radius 3 is 2.66 bits per heavy atom. The number of ether oxygens (including phenoxy) is 1. The predicted octanol–water partition coefficient (Wildman–Crippen LogP) is 3.15. The number of phenolic OH excluding ortho intramolecular Hbond substituents is 1. The number of rotatable bonds is 9. The molecule has 2 aromatic rings. The van der Waals surface area contributed by atoms with Gasteiger partial charge in [-0.2, -0.15) is 4.98 Å². The molecule has 0 aliphatic carbocycles. The Bertz CT molecular complexity index is 857. The van der Waals surface area contributed by atoms with E-state index < -0.39 is 0 Å². The molecule has 1 unspecified atom stereocenters. The summed E-state index contributed by atoms with van der Waals surface area (Å²) in [7, 11) is 0. The van der Waals surface area contributed by atoms with Gasteiger partial charge in [0.15, 0.2) is 5.82 Å². The minimum absolute atomic E-state index is 0.0556. The number of nitrogens with zero attached hydrogens (tertiary/aromatic N) is 3. The fraction of sp³-hybridized carbons (Fsp3) is 0.476. The van der Waals surface area contributed by atoms with Crippen molar-refractivity contribution in [2.45, 2.75) is 59.4 Å². The van der Waals surface area contributed by atoms with E-state index in [1.165, 1.54) is 0 Å². The molecule has 29 heavy (non-hydrogen) atoms. The summed E-state index contributed by atoms with van der Waals surface area (Å²) in [6, 6.07) is 4.93. The van der Waals surface area contributed by atoms with Gasteiger partial charge in [-0.3, -0.25) is 10.0 Å². The molecule has 158 valence electrons. The number of phenols is 1. The Morgan fingerprint density at radius 1 is 1.31 bits per heavy atom. The van der Waals surface area contributed by atoms with Crippen LogP contribution in [-0.4, -0.2) is 38.9 Å². The van der Waals surface area contributed by atoms with Gasteiger partial charge in [0.1, 0.15) is 5.75 Å². The van der Waals surface area contributed by atoms with Crippen molar-refractivity contribution in [3.63, 3.8) is 0 Å². The summed E-state index contributed by atoms with van der Waals surface area (Å²) in [6.07, 6.45) is 2.10. The minimum atomic E-state index is -0.342. The van der Waals surface area contributed by atoms with Crippen LogP contribution in [0.15, 0.2) is 18.2 Å². The van der Waals surface area contributed by atoms with Crippen molar-refractivity contribution < 1.29 is 19.8 Å². The number of benzene rings is 1. The van der Waals surface area contributed by atoms with Gasteiger partial charge < -0.3 is 15.6 Å². The maximum absolute atomic E-state index is 11.6. The molecule has 8 nitrogen and oxygen atoms in total. The van der Waals surface area contributed by atoms with Crippen LogP contribution in [0.3, 0.4) is 0 Å². The Morgan fingerprint density at radius 2 is 2.03 bits per heavy atom. The molecule has 0 saturated heterocycles. The third-order valence-corrected chi connectivity index (χ3v) is 4.72. The van der Waals surface area contributed by atoms with E-state index in [1.807, 2.05) is 13.8 Å². The fourth-order valence-electron chi connectivity index (χ4n) is 3.19. The molecule has 1 atom stereocenters. The van der Waals surface area contributed by atoms with Crippen LogP contribution in [0.2, 0.25) is 0 Å². The van der Waals surface area contributed by atoms with Gasteiger partial charge in [-0.15, -0.1) is 0 Å². The summed E-state index contributed by atoms with van der Waals surface area (Å²) >= 11 is 0. The number of nitrogens with two attached hydrogens (primary N) is 1. The Hall–Kier alpha value is -2.87. The number of aromatic hydroxyl groups is 1. The molecular formula is C21H30N4O4. The van der Waals surface area contributed by atoms with E-state index >= 15 is 0 Å². The van der Waals surface area contributed by atoms with Crippen molar-refractivity contribution in [2.75, 3.05) is 17.4 Å². The molecule has 0 saturated carbocycles. The number of nitrogen functional groups attached to an aromatic ring is 1. The van der Waals surface area contributed by atoms with Gasteiger partial charge in [-0.25, -0.2) is 10.0 Å². The molecule has 0 fully saturated rings. The van der Waals surface area contributed by atoms with E-state index in [0.717, 1.165) is 17.9 Å². The third kappa shape index (κ3) is 5.80. The fourth-order valence-corrected chi connectivity index (χ4v) is 3.19. The molecule has 8 heteroatoms. The molecule has 0 spiro atoms. The number of hydrogen-bond donors (Lipinski definition) is 3. The van der Waals surface area contributed by atoms with Crippen LogP contribution in [0.5, 0.6) is 5.75 Å². The summed E-state index contributed by atoms with van der Waals surface area (Å²) in [5.74, 6) is 0.134. The number of aromatic nitrogens is 2. The first-order valence-electron chi connectivity index (χ1n) is 9.84. The van der Waals surface area contributed by atoms with Crippen LogP contribution in [0.1, 0.15) is 56.0 Å². The van der Waals surface area contributed by atoms with Gasteiger partial charge in [-0.05, 0) is 44.4 Å². The van der Waals surface area contributed by atoms with E-state index in [2.05, 4.69) is 9.97 Å². The van der Waals surface area contributed by atoms with Crippen LogP contribution in [0.4, 0.5) is 11.8 Å². The monoisotopic (exact) mass is 402 g/mol. The van der Waals surface area contributed by atoms with Crippen LogP contribution in [0, 0.1) is 6.92 Å². The third-order valence-electron chi connectivity index (χ3n) is 4.72. The average Bonchev–Trinajstić information content (AvgIpc) is 2.65. The second-order valence-electron chi connectivity index (χ2n) is 7.07. The maximum Gasteiger partial charge on any atom is 0.310 e. The van der Waals surface area contributed by atoms with Crippen LogP contribution >= 0.6 is 0 Å². The van der Waals surface area contributed by atoms with Crippen LogP contribution < -0.4 is 10.8 Å². The smallest absolute Gasteiger partial charge is 0.310 e. The lowest BCUT2D eigenvalue weighted by Crippen LogP contribution is -2.31. The highest BCUT2D eigenvalue weighted by atomic mass is 16.5. The van der Waals surface area contributed by atoms with Gasteiger partial charge in [0.2, 0.25) is 5.95 Å². The van der Waals surface area contributed by atoms with E-state index in [-0.39, 0.29) is 30.1 Å². The van der Waals surface area contributed by atoms with E-state index in [4.69, 9.17) is 10.5 Å². The van der Waals surface area contributed by atoms with Crippen molar-refractivity contribution in [1.29, 1.82) is 0 Å². The van der Waals surface area contributed by atoms with Gasteiger partial charge in [-0.1, -0.05) is 25.5 Å². The SMILES string of the molecule is CCCC(C)N(O)c1nc(N)nc(C)c1Cc1ccc(CC(=O)OCC)cc1O. The van der Waals surface area contributed by atoms with Gasteiger partial charge in [0.25, 0.3) is 0 Å². The molecule has 0 aliphatic rings. The molecule has 1 aromatic carbocycles. The Balaban J connectivity index is 2.32. The number of hydroxylamine groups is 1. The van der Waals surface area contributed by atoms with Crippen molar-refractivity contribution in [3.8, 4) is 5.75 Å². The van der Waals surface area contributed by atoms with Gasteiger partial charge in [0, 0.05) is 17.7 Å². The molecular weight excluding hydrogens is 372 g/mol. The molecule has 0 amide bonds.